The Morgan fingerprint density at radius 1 is 1.32 bits per heavy atom. The highest BCUT2D eigenvalue weighted by atomic mass is 127. The number of hydrogen-bond donors (Lipinski definition) is 2. The van der Waals surface area contributed by atoms with Crippen molar-refractivity contribution in [1.82, 2.24) is 15.5 Å². The molecular weight excluding hydrogens is 467 g/mol. The van der Waals surface area contributed by atoms with E-state index in [9.17, 15) is 0 Å². The van der Waals surface area contributed by atoms with Crippen LogP contribution in [0.5, 0.6) is 5.75 Å². The number of nitrogens with zero attached hydrogens (tertiary/aromatic N) is 2. The number of guanidine groups is 1. The average Bonchev–Trinajstić information content (AvgIpc) is 2.62. The van der Waals surface area contributed by atoms with E-state index in [0.29, 0.717) is 18.6 Å². The maximum Gasteiger partial charge on any atom is 0.191 e. The van der Waals surface area contributed by atoms with Crippen LogP contribution in [0.25, 0.3) is 0 Å². The summed E-state index contributed by atoms with van der Waals surface area (Å²) in [6.45, 7) is 14.7. The van der Waals surface area contributed by atoms with Gasteiger partial charge in [-0.2, -0.15) is 0 Å². The number of aliphatic imine (C=N–C) groups is 1. The summed E-state index contributed by atoms with van der Waals surface area (Å²) in [5.74, 6) is 1.71. The lowest BCUT2D eigenvalue weighted by molar-refractivity contribution is -0.0174. The monoisotopic (exact) mass is 504 g/mol. The summed E-state index contributed by atoms with van der Waals surface area (Å²) < 4.78 is 11.6. The molecule has 0 spiro atoms. The van der Waals surface area contributed by atoms with Gasteiger partial charge in [-0.05, 0) is 40.7 Å². The third kappa shape index (κ3) is 8.13. The molecule has 0 amide bonds. The number of benzene rings is 1. The van der Waals surface area contributed by atoms with Crippen molar-refractivity contribution in [3.63, 3.8) is 0 Å². The first-order valence-electron chi connectivity index (χ1n) is 9.85. The minimum Gasteiger partial charge on any atom is -0.488 e. The lowest BCUT2D eigenvalue weighted by atomic mass is 10.1. The molecule has 2 rings (SSSR count). The molecule has 2 unspecified atom stereocenters. The topological polar surface area (TPSA) is 58.1 Å². The maximum absolute atomic E-state index is 6.07. The fraction of sp³-hybridized carbons (Fsp3) is 0.667. The first-order chi connectivity index (χ1) is 12.8. The first kappa shape index (κ1) is 25.0. The predicted molar refractivity (Wildman–Crippen MR) is 127 cm³/mol. The Hall–Kier alpha value is -1.06. The maximum atomic E-state index is 6.07. The second-order valence-electron chi connectivity index (χ2n) is 8.14. The van der Waals surface area contributed by atoms with Gasteiger partial charge in [-0.1, -0.05) is 18.2 Å². The lowest BCUT2D eigenvalue weighted by Crippen LogP contribution is -2.52. The molecule has 0 radical (unpaired) electrons. The van der Waals surface area contributed by atoms with Gasteiger partial charge >= 0.3 is 0 Å². The van der Waals surface area contributed by atoms with Crippen molar-refractivity contribution >= 4 is 29.9 Å². The van der Waals surface area contributed by atoms with Crippen molar-refractivity contribution in [2.24, 2.45) is 4.99 Å². The fourth-order valence-electron chi connectivity index (χ4n) is 3.24. The van der Waals surface area contributed by atoms with Crippen molar-refractivity contribution < 1.29 is 9.47 Å². The molecule has 2 N–H and O–H groups in total. The normalized spacial score (nSPS) is 19.5. The SMILES string of the molecule is CN=C(NCc1ccccc1OC(C)(C)C)NCC(C)N1CCOCC1C.I. The van der Waals surface area contributed by atoms with Gasteiger partial charge in [0.2, 0.25) is 0 Å². The zero-order chi connectivity index (χ0) is 19.9. The average molecular weight is 504 g/mol. The molecule has 2 atom stereocenters. The smallest absolute Gasteiger partial charge is 0.191 e. The van der Waals surface area contributed by atoms with Gasteiger partial charge in [0.15, 0.2) is 5.96 Å². The van der Waals surface area contributed by atoms with Gasteiger partial charge in [0.1, 0.15) is 11.4 Å². The predicted octanol–water partition coefficient (Wildman–Crippen LogP) is 3.26. The summed E-state index contributed by atoms with van der Waals surface area (Å²) in [6.07, 6.45) is 0. The van der Waals surface area contributed by atoms with E-state index >= 15 is 0 Å². The van der Waals surface area contributed by atoms with Crippen molar-refractivity contribution in [2.45, 2.75) is 58.8 Å². The van der Waals surface area contributed by atoms with E-state index in [4.69, 9.17) is 9.47 Å². The Labute approximate surface area is 187 Å². The Morgan fingerprint density at radius 2 is 2.04 bits per heavy atom. The van der Waals surface area contributed by atoms with Crippen LogP contribution in [-0.4, -0.2) is 61.9 Å². The van der Waals surface area contributed by atoms with Crippen molar-refractivity contribution in [3.8, 4) is 5.75 Å². The number of para-hydroxylation sites is 1. The highest BCUT2D eigenvalue weighted by Gasteiger charge is 2.23. The molecule has 1 aliphatic rings. The Balaban J connectivity index is 0.00000392. The number of rotatable bonds is 6. The number of hydrogen-bond acceptors (Lipinski definition) is 4. The summed E-state index contributed by atoms with van der Waals surface area (Å²) in [4.78, 5) is 6.84. The highest BCUT2D eigenvalue weighted by molar-refractivity contribution is 14.0. The molecule has 1 heterocycles. The standard InChI is InChI=1S/C21H36N4O2.HI/c1-16(25-11-12-26-15-17(25)2)13-23-20(22-6)24-14-18-9-7-8-10-19(18)27-21(3,4)5;/h7-10,16-17H,11-15H2,1-6H3,(H2,22,23,24);1H. The van der Waals surface area contributed by atoms with Crippen LogP contribution in [-0.2, 0) is 11.3 Å². The van der Waals surface area contributed by atoms with Crippen LogP contribution >= 0.6 is 24.0 Å². The van der Waals surface area contributed by atoms with Crippen LogP contribution in [0.15, 0.2) is 29.3 Å². The Bertz CT molecular complexity index is 619. The molecule has 28 heavy (non-hydrogen) atoms. The van der Waals surface area contributed by atoms with E-state index in [1.165, 1.54) is 0 Å². The van der Waals surface area contributed by atoms with E-state index in [1.807, 2.05) is 18.2 Å². The molecule has 160 valence electrons. The van der Waals surface area contributed by atoms with Gasteiger partial charge in [0, 0.05) is 44.3 Å². The second kappa shape index (κ2) is 11.8. The van der Waals surface area contributed by atoms with Gasteiger partial charge in [-0.3, -0.25) is 9.89 Å². The van der Waals surface area contributed by atoms with Gasteiger partial charge in [0.25, 0.3) is 0 Å². The number of nitrogens with one attached hydrogen (secondary N) is 2. The molecule has 1 saturated heterocycles. The zero-order valence-electron chi connectivity index (χ0n) is 18.1. The quantitative estimate of drug-likeness (QED) is 0.354. The third-order valence-electron chi connectivity index (χ3n) is 4.61. The van der Waals surface area contributed by atoms with Gasteiger partial charge in [-0.15, -0.1) is 24.0 Å². The molecule has 0 bridgehead atoms. The Morgan fingerprint density at radius 3 is 2.68 bits per heavy atom. The number of morpholine rings is 1. The first-order valence-corrected chi connectivity index (χ1v) is 9.85. The van der Waals surface area contributed by atoms with Gasteiger partial charge in [-0.25, -0.2) is 0 Å². The summed E-state index contributed by atoms with van der Waals surface area (Å²) in [5, 5.41) is 6.84. The van der Waals surface area contributed by atoms with Crippen LogP contribution in [0.4, 0.5) is 0 Å². The van der Waals surface area contributed by atoms with E-state index in [0.717, 1.165) is 43.6 Å². The minimum atomic E-state index is -0.222. The van der Waals surface area contributed by atoms with Gasteiger partial charge < -0.3 is 20.1 Å². The highest BCUT2D eigenvalue weighted by Crippen LogP contribution is 2.22. The van der Waals surface area contributed by atoms with Crippen molar-refractivity contribution in [1.29, 1.82) is 0 Å². The molecule has 6 nitrogen and oxygen atoms in total. The molecule has 0 aliphatic carbocycles. The molecule has 1 fully saturated rings. The molecule has 1 aliphatic heterocycles. The van der Waals surface area contributed by atoms with E-state index in [2.05, 4.69) is 61.2 Å². The molecule has 1 aromatic carbocycles. The number of ether oxygens (including phenoxy) is 2. The van der Waals surface area contributed by atoms with Crippen molar-refractivity contribution in [3.05, 3.63) is 29.8 Å². The van der Waals surface area contributed by atoms with Gasteiger partial charge in [0.05, 0.1) is 13.2 Å². The van der Waals surface area contributed by atoms with E-state index < -0.39 is 0 Å². The number of halogens is 1. The summed E-state index contributed by atoms with van der Waals surface area (Å²) in [5.41, 5.74) is 0.894. The van der Waals surface area contributed by atoms with Crippen LogP contribution < -0.4 is 15.4 Å². The molecule has 0 saturated carbocycles. The molecule has 1 aromatic rings. The second-order valence-corrected chi connectivity index (χ2v) is 8.14. The molecule has 0 aromatic heterocycles. The summed E-state index contributed by atoms with van der Waals surface area (Å²) >= 11 is 0. The van der Waals surface area contributed by atoms with Crippen molar-refractivity contribution in [2.75, 3.05) is 33.4 Å². The van der Waals surface area contributed by atoms with E-state index in [1.54, 1.807) is 7.05 Å². The van der Waals surface area contributed by atoms with Crippen LogP contribution in [0, 0.1) is 0 Å². The van der Waals surface area contributed by atoms with Crippen LogP contribution in [0.2, 0.25) is 0 Å². The minimum absolute atomic E-state index is 0. The molecular formula is C21H37IN4O2. The summed E-state index contributed by atoms with van der Waals surface area (Å²) in [6, 6.07) is 9.00. The Kier molecular flexibility index (Phi) is 10.5. The van der Waals surface area contributed by atoms with E-state index in [-0.39, 0.29) is 29.6 Å². The largest absolute Gasteiger partial charge is 0.488 e. The summed E-state index contributed by atoms with van der Waals surface area (Å²) in [7, 11) is 1.80. The lowest BCUT2D eigenvalue weighted by Gasteiger charge is -2.38. The zero-order valence-corrected chi connectivity index (χ0v) is 20.4. The third-order valence-corrected chi connectivity index (χ3v) is 4.61. The van der Waals surface area contributed by atoms with Crippen LogP contribution in [0.1, 0.15) is 40.2 Å². The molecule has 7 heteroatoms. The fourth-order valence-corrected chi connectivity index (χ4v) is 3.24. The van der Waals surface area contributed by atoms with Crippen LogP contribution in [0.3, 0.4) is 0 Å².